The molecular weight excluding hydrogens is 380 g/mol. The standard InChI is InChI=1S/C18H28N6O5/c19-12(7-4-8-22-18(20)21)15(26)24-14(10-25)16(27)23-13(17(28)29)9-11-5-2-1-3-6-11/h1-3,5-6,12-14,25H,4,7-10,19H2,(H,23,27)(H,24,26)(H,28,29)(H4,20,21,22). The molecular formula is C18H28N6O5. The van der Waals surface area contributed by atoms with Crippen LogP contribution >= 0.6 is 0 Å². The number of benzene rings is 1. The minimum absolute atomic E-state index is 0.0539. The summed E-state index contributed by atoms with van der Waals surface area (Å²) < 4.78 is 0. The molecule has 160 valence electrons. The van der Waals surface area contributed by atoms with Gasteiger partial charge < -0.3 is 38.0 Å². The van der Waals surface area contributed by atoms with E-state index in [0.717, 1.165) is 0 Å². The lowest BCUT2D eigenvalue weighted by molar-refractivity contribution is -0.142. The number of nitrogens with one attached hydrogen (secondary N) is 2. The van der Waals surface area contributed by atoms with Crippen LogP contribution in [-0.2, 0) is 20.8 Å². The van der Waals surface area contributed by atoms with Crippen LogP contribution in [0.2, 0.25) is 0 Å². The van der Waals surface area contributed by atoms with E-state index in [9.17, 15) is 24.6 Å². The second-order valence-electron chi connectivity index (χ2n) is 6.39. The average molecular weight is 408 g/mol. The number of nitrogens with zero attached hydrogens (tertiary/aromatic N) is 1. The Kier molecular flexibility index (Phi) is 10.1. The van der Waals surface area contributed by atoms with E-state index in [-0.39, 0.29) is 18.8 Å². The van der Waals surface area contributed by atoms with Gasteiger partial charge in [0, 0.05) is 13.0 Å². The summed E-state index contributed by atoms with van der Waals surface area (Å²) in [5.74, 6) is -2.78. The summed E-state index contributed by atoms with van der Waals surface area (Å²) in [6.07, 6.45) is 0.757. The Labute approximate surface area is 168 Å². The molecule has 0 bridgehead atoms. The lowest BCUT2D eigenvalue weighted by atomic mass is 10.1. The van der Waals surface area contributed by atoms with Gasteiger partial charge in [-0.3, -0.25) is 14.6 Å². The summed E-state index contributed by atoms with van der Waals surface area (Å²) >= 11 is 0. The lowest BCUT2D eigenvalue weighted by Crippen LogP contribution is -2.56. The molecule has 0 heterocycles. The van der Waals surface area contributed by atoms with Crippen LogP contribution in [0.1, 0.15) is 18.4 Å². The fraction of sp³-hybridized carbons (Fsp3) is 0.444. The Bertz CT molecular complexity index is 708. The fourth-order valence-electron chi connectivity index (χ4n) is 2.45. The minimum atomic E-state index is -1.33. The van der Waals surface area contributed by atoms with Crippen LogP contribution in [-0.4, -0.2) is 65.2 Å². The predicted octanol–water partition coefficient (Wildman–Crippen LogP) is -2.34. The first-order valence-corrected chi connectivity index (χ1v) is 9.04. The maximum Gasteiger partial charge on any atom is 0.326 e. The van der Waals surface area contributed by atoms with Gasteiger partial charge in [-0.15, -0.1) is 0 Å². The highest BCUT2D eigenvalue weighted by molar-refractivity contribution is 5.91. The smallest absolute Gasteiger partial charge is 0.326 e. The van der Waals surface area contributed by atoms with E-state index in [0.29, 0.717) is 18.5 Å². The number of aliphatic hydroxyl groups excluding tert-OH is 1. The zero-order chi connectivity index (χ0) is 21.8. The molecule has 0 radical (unpaired) electrons. The maximum absolute atomic E-state index is 12.3. The average Bonchev–Trinajstić information content (AvgIpc) is 2.68. The number of hydrogen-bond acceptors (Lipinski definition) is 6. The van der Waals surface area contributed by atoms with Gasteiger partial charge in [0.05, 0.1) is 12.6 Å². The molecule has 1 rings (SSSR count). The Hall–Kier alpha value is -3.18. The molecule has 29 heavy (non-hydrogen) atoms. The Morgan fingerprint density at radius 1 is 1.03 bits per heavy atom. The molecule has 11 nitrogen and oxygen atoms in total. The van der Waals surface area contributed by atoms with Crippen molar-refractivity contribution in [1.82, 2.24) is 10.6 Å². The van der Waals surface area contributed by atoms with Crippen molar-refractivity contribution in [2.24, 2.45) is 22.2 Å². The zero-order valence-electron chi connectivity index (χ0n) is 16.0. The van der Waals surface area contributed by atoms with E-state index in [1.54, 1.807) is 30.3 Å². The molecule has 1 aromatic carbocycles. The van der Waals surface area contributed by atoms with Crippen LogP contribution in [0.3, 0.4) is 0 Å². The van der Waals surface area contributed by atoms with Crippen LogP contribution in [0.15, 0.2) is 35.3 Å². The summed E-state index contributed by atoms with van der Waals surface area (Å²) in [7, 11) is 0. The van der Waals surface area contributed by atoms with Crippen LogP contribution in [0.5, 0.6) is 0 Å². The first-order chi connectivity index (χ1) is 13.7. The van der Waals surface area contributed by atoms with Crippen LogP contribution in [0, 0.1) is 0 Å². The van der Waals surface area contributed by atoms with Gasteiger partial charge in [0.2, 0.25) is 11.8 Å². The van der Waals surface area contributed by atoms with Crippen LogP contribution < -0.4 is 27.8 Å². The monoisotopic (exact) mass is 408 g/mol. The van der Waals surface area contributed by atoms with E-state index < -0.39 is 42.5 Å². The molecule has 3 atom stereocenters. The van der Waals surface area contributed by atoms with Gasteiger partial charge in [-0.1, -0.05) is 30.3 Å². The van der Waals surface area contributed by atoms with E-state index in [1.807, 2.05) is 0 Å². The van der Waals surface area contributed by atoms with Gasteiger partial charge in [0.15, 0.2) is 5.96 Å². The molecule has 0 saturated carbocycles. The van der Waals surface area contributed by atoms with Crippen molar-refractivity contribution in [3.63, 3.8) is 0 Å². The Balaban J connectivity index is 2.61. The number of carboxylic acid groups (broad SMARTS) is 1. The van der Waals surface area contributed by atoms with Crippen LogP contribution in [0.25, 0.3) is 0 Å². The third kappa shape index (κ3) is 9.04. The van der Waals surface area contributed by atoms with Gasteiger partial charge in [-0.25, -0.2) is 4.79 Å². The number of carbonyl (C=O) groups excluding carboxylic acids is 2. The van der Waals surface area contributed by atoms with E-state index >= 15 is 0 Å². The first kappa shape index (κ1) is 23.9. The van der Waals surface area contributed by atoms with Crippen molar-refractivity contribution >= 4 is 23.7 Å². The topological polar surface area (TPSA) is 206 Å². The van der Waals surface area contributed by atoms with Gasteiger partial charge >= 0.3 is 5.97 Å². The van der Waals surface area contributed by atoms with Gasteiger partial charge in [-0.2, -0.15) is 0 Å². The lowest BCUT2D eigenvalue weighted by Gasteiger charge is -2.21. The number of hydrogen-bond donors (Lipinski definition) is 7. The second-order valence-corrected chi connectivity index (χ2v) is 6.39. The summed E-state index contributed by atoms with van der Waals surface area (Å²) in [6.45, 7) is -0.414. The van der Waals surface area contributed by atoms with Crippen LogP contribution in [0.4, 0.5) is 0 Å². The summed E-state index contributed by atoms with van der Waals surface area (Å²) in [5, 5.41) is 23.4. The van der Waals surface area contributed by atoms with E-state index in [1.165, 1.54) is 0 Å². The van der Waals surface area contributed by atoms with Crippen molar-refractivity contribution in [1.29, 1.82) is 0 Å². The molecule has 0 aromatic heterocycles. The minimum Gasteiger partial charge on any atom is -0.480 e. The molecule has 0 fully saturated rings. The molecule has 1 aromatic rings. The highest BCUT2D eigenvalue weighted by atomic mass is 16.4. The zero-order valence-corrected chi connectivity index (χ0v) is 16.0. The number of amides is 2. The van der Waals surface area contributed by atoms with E-state index in [2.05, 4.69) is 15.6 Å². The fourth-order valence-corrected chi connectivity index (χ4v) is 2.45. The third-order valence-electron chi connectivity index (χ3n) is 4.02. The largest absolute Gasteiger partial charge is 0.480 e. The summed E-state index contributed by atoms with van der Waals surface area (Å²) in [6, 6.07) is 5.26. The third-order valence-corrected chi connectivity index (χ3v) is 4.02. The molecule has 11 heteroatoms. The van der Waals surface area contributed by atoms with Crippen molar-refractivity contribution < 1.29 is 24.6 Å². The van der Waals surface area contributed by atoms with E-state index in [4.69, 9.17) is 17.2 Å². The van der Waals surface area contributed by atoms with Gasteiger partial charge in [0.1, 0.15) is 12.1 Å². The summed E-state index contributed by atoms with van der Waals surface area (Å²) in [5.41, 5.74) is 16.9. The molecule has 2 amide bonds. The number of carbonyl (C=O) groups is 3. The van der Waals surface area contributed by atoms with Crippen molar-refractivity contribution in [3.05, 3.63) is 35.9 Å². The van der Waals surface area contributed by atoms with Crippen molar-refractivity contribution in [2.75, 3.05) is 13.2 Å². The number of aliphatic hydroxyl groups is 1. The summed E-state index contributed by atoms with van der Waals surface area (Å²) in [4.78, 5) is 39.7. The number of rotatable bonds is 12. The highest BCUT2D eigenvalue weighted by Crippen LogP contribution is 2.04. The number of aliphatic imine (C=N–C) groups is 1. The van der Waals surface area contributed by atoms with Crippen molar-refractivity contribution in [3.8, 4) is 0 Å². The first-order valence-electron chi connectivity index (χ1n) is 9.04. The molecule has 10 N–H and O–H groups in total. The predicted molar refractivity (Wildman–Crippen MR) is 107 cm³/mol. The Morgan fingerprint density at radius 2 is 1.66 bits per heavy atom. The SMILES string of the molecule is NC(N)=NCCCC(N)C(=O)NC(CO)C(=O)NC(Cc1ccccc1)C(=O)O. The molecule has 0 aliphatic rings. The number of nitrogens with two attached hydrogens (primary N) is 3. The van der Waals surface area contributed by atoms with Crippen molar-refractivity contribution in [2.45, 2.75) is 37.4 Å². The number of guanidine groups is 1. The molecule has 0 aliphatic heterocycles. The highest BCUT2D eigenvalue weighted by Gasteiger charge is 2.27. The quantitative estimate of drug-likeness (QED) is 0.113. The molecule has 0 aliphatic carbocycles. The van der Waals surface area contributed by atoms with Gasteiger partial charge in [0.25, 0.3) is 0 Å². The normalized spacial score (nSPS) is 13.6. The molecule has 0 spiro atoms. The maximum atomic E-state index is 12.3. The van der Waals surface area contributed by atoms with Gasteiger partial charge in [-0.05, 0) is 18.4 Å². The molecule has 0 saturated heterocycles. The number of carboxylic acids is 1. The second kappa shape index (κ2) is 12.3. The Morgan fingerprint density at radius 3 is 2.21 bits per heavy atom. The number of aliphatic carboxylic acids is 1. The molecule has 3 unspecified atom stereocenters.